The molecule has 2 aliphatic heterocycles. The lowest BCUT2D eigenvalue weighted by molar-refractivity contribution is 0.126. The Morgan fingerprint density at radius 1 is 1.07 bits per heavy atom. The summed E-state index contributed by atoms with van der Waals surface area (Å²) in [6.07, 6.45) is 5.35. The van der Waals surface area contributed by atoms with Crippen LogP contribution in [0.25, 0.3) is 0 Å². The number of hydrogen-bond acceptors (Lipinski definition) is 3. The van der Waals surface area contributed by atoms with E-state index in [0.717, 1.165) is 57.1 Å². The Morgan fingerprint density at radius 3 is 2.41 bits per heavy atom. The van der Waals surface area contributed by atoms with Crippen LogP contribution in [0.2, 0.25) is 0 Å². The van der Waals surface area contributed by atoms with Gasteiger partial charge >= 0.3 is 0 Å². The third-order valence-electron chi connectivity index (χ3n) is 6.77. The van der Waals surface area contributed by atoms with Crippen molar-refractivity contribution in [1.29, 1.82) is 0 Å². The van der Waals surface area contributed by atoms with E-state index in [-0.39, 0.29) is 24.0 Å². The smallest absolute Gasteiger partial charge is 0.193 e. The van der Waals surface area contributed by atoms with Crippen LogP contribution in [0.4, 0.5) is 0 Å². The highest BCUT2D eigenvalue weighted by Gasteiger charge is 2.34. The van der Waals surface area contributed by atoms with Gasteiger partial charge in [-0.1, -0.05) is 37.3 Å². The molecule has 3 aliphatic rings. The number of halogens is 1. The van der Waals surface area contributed by atoms with Crippen molar-refractivity contribution >= 4 is 29.9 Å². The lowest BCUT2D eigenvalue weighted by Gasteiger charge is -2.40. The molecule has 29 heavy (non-hydrogen) atoms. The van der Waals surface area contributed by atoms with Crippen LogP contribution in [-0.4, -0.2) is 79.6 Å². The Balaban J connectivity index is 0.00000240. The first-order valence-electron chi connectivity index (χ1n) is 11.3. The van der Waals surface area contributed by atoms with Crippen LogP contribution in [0, 0.1) is 5.92 Å². The molecule has 0 amide bonds. The van der Waals surface area contributed by atoms with Gasteiger partial charge in [-0.25, -0.2) is 0 Å². The minimum Gasteiger partial charge on any atom is -0.356 e. The Labute approximate surface area is 193 Å². The molecular weight excluding hydrogens is 473 g/mol. The van der Waals surface area contributed by atoms with Gasteiger partial charge in [-0.2, -0.15) is 0 Å². The molecule has 0 aromatic heterocycles. The molecule has 2 unspecified atom stereocenters. The molecule has 162 valence electrons. The second-order valence-corrected chi connectivity index (χ2v) is 8.67. The van der Waals surface area contributed by atoms with Crippen molar-refractivity contribution in [3.05, 3.63) is 35.9 Å². The van der Waals surface area contributed by atoms with Crippen molar-refractivity contribution in [3.63, 3.8) is 0 Å². The summed E-state index contributed by atoms with van der Waals surface area (Å²) in [5.41, 5.74) is 1.45. The number of aliphatic imine (C=N–C) groups is 1. The maximum Gasteiger partial charge on any atom is 0.193 e. The molecule has 2 saturated heterocycles. The van der Waals surface area contributed by atoms with Crippen LogP contribution in [0.3, 0.4) is 0 Å². The maximum atomic E-state index is 4.59. The summed E-state index contributed by atoms with van der Waals surface area (Å²) >= 11 is 0. The van der Waals surface area contributed by atoms with E-state index in [2.05, 4.69) is 62.3 Å². The zero-order chi connectivity index (χ0) is 19.3. The van der Waals surface area contributed by atoms with Gasteiger partial charge in [0.05, 0.1) is 0 Å². The highest BCUT2D eigenvalue weighted by atomic mass is 127. The molecule has 0 spiro atoms. The molecular formula is C23H38IN5. The van der Waals surface area contributed by atoms with Crippen molar-refractivity contribution in [3.8, 4) is 0 Å². The van der Waals surface area contributed by atoms with Gasteiger partial charge in [0.1, 0.15) is 0 Å². The second kappa shape index (κ2) is 11.0. The van der Waals surface area contributed by atoms with Gasteiger partial charge in [0.25, 0.3) is 0 Å². The molecule has 2 heterocycles. The number of likely N-dealkylation sites (tertiary alicyclic amines) is 1. The van der Waals surface area contributed by atoms with E-state index in [1.165, 1.54) is 37.9 Å². The van der Waals surface area contributed by atoms with Crippen LogP contribution < -0.4 is 5.32 Å². The number of piperazine rings is 1. The molecule has 5 nitrogen and oxygen atoms in total. The van der Waals surface area contributed by atoms with E-state index >= 15 is 0 Å². The summed E-state index contributed by atoms with van der Waals surface area (Å²) in [5, 5.41) is 3.68. The van der Waals surface area contributed by atoms with Crippen molar-refractivity contribution < 1.29 is 0 Å². The lowest BCUT2D eigenvalue weighted by Crippen LogP contribution is -2.53. The van der Waals surface area contributed by atoms with Gasteiger partial charge in [0.2, 0.25) is 0 Å². The predicted molar refractivity (Wildman–Crippen MR) is 132 cm³/mol. The van der Waals surface area contributed by atoms with E-state index in [9.17, 15) is 0 Å². The third kappa shape index (κ3) is 5.85. The fraction of sp³-hybridized carbons (Fsp3) is 0.696. The Hall–Kier alpha value is -0.860. The Bertz CT molecular complexity index is 640. The van der Waals surface area contributed by atoms with Gasteiger partial charge < -0.3 is 15.1 Å². The monoisotopic (exact) mass is 511 g/mol. The average Bonchev–Trinajstić information content (AvgIpc) is 3.49. The first-order chi connectivity index (χ1) is 13.8. The molecule has 1 saturated carbocycles. The molecule has 2 atom stereocenters. The van der Waals surface area contributed by atoms with Crippen molar-refractivity contribution in [2.75, 3.05) is 52.9 Å². The molecule has 6 heteroatoms. The SMILES string of the molecule is CCC(c1ccccc1)N1CCN(C(=NC)NCC2CCN(C3CC3)C2)CC1.I. The molecule has 1 aliphatic carbocycles. The zero-order valence-corrected chi connectivity index (χ0v) is 20.4. The standard InChI is InChI=1S/C23H37N5.HI/c1-3-22(20-7-5-4-6-8-20)26-13-15-27(16-14-26)23(24-2)25-17-19-11-12-28(18-19)21-9-10-21;/h4-8,19,21-22H,3,9-18H2,1-2H3,(H,24,25);1H. The summed E-state index contributed by atoms with van der Waals surface area (Å²) in [4.78, 5) is 12.4. The summed E-state index contributed by atoms with van der Waals surface area (Å²) in [5.74, 6) is 1.87. The van der Waals surface area contributed by atoms with Crippen LogP contribution >= 0.6 is 24.0 Å². The second-order valence-electron chi connectivity index (χ2n) is 8.67. The van der Waals surface area contributed by atoms with Gasteiger partial charge in [-0.3, -0.25) is 9.89 Å². The number of nitrogens with zero attached hydrogens (tertiary/aromatic N) is 4. The van der Waals surface area contributed by atoms with E-state index in [1.54, 1.807) is 0 Å². The van der Waals surface area contributed by atoms with Crippen LogP contribution in [0.5, 0.6) is 0 Å². The molecule has 0 bridgehead atoms. The molecule has 1 N–H and O–H groups in total. The zero-order valence-electron chi connectivity index (χ0n) is 18.1. The topological polar surface area (TPSA) is 34.1 Å². The lowest BCUT2D eigenvalue weighted by atomic mass is 10.0. The predicted octanol–water partition coefficient (Wildman–Crippen LogP) is 3.43. The number of rotatable bonds is 6. The average molecular weight is 511 g/mol. The van der Waals surface area contributed by atoms with Crippen molar-refractivity contribution in [1.82, 2.24) is 20.0 Å². The highest BCUT2D eigenvalue weighted by Crippen LogP contribution is 2.31. The Morgan fingerprint density at radius 2 is 1.79 bits per heavy atom. The molecule has 3 fully saturated rings. The summed E-state index contributed by atoms with van der Waals surface area (Å²) in [6, 6.07) is 12.4. The summed E-state index contributed by atoms with van der Waals surface area (Å²) < 4.78 is 0. The fourth-order valence-corrected chi connectivity index (χ4v) is 4.99. The molecule has 1 aromatic rings. The van der Waals surface area contributed by atoms with Crippen LogP contribution in [-0.2, 0) is 0 Å². The summed E-state index contributed by atoms with van der Waals surface area (Å²) in [6.45, 7) is 10.3. The fourth-order valence-electron chi connectivity index (χ4n) is 4.99. The normalized spacial score (nSPS) is 25.0. The Kier molecular flexibility index (Phi) is 8.62. The maximum absolute atomic E-state index is 4.59. The largest absolute Gasteiger partial charge is 0.356 e. The van der Waals surface area contributed by atoms with Gasteiger partial charge in [-0.05, 0) is 43.7 Å². The van der Waals surface area contributed by atoms with E-state index in [0.29, 0.717) is 6.04 Å². The number of guanidine groups is 1. The molecule has 1 aromatic carbocycles. The van der Waals surface area contributed by atoms with Gasteiger partial charge in [0, 0.05) is 58.4 Å². The number of nitrogens with one attached hydrogen (secondary N) is 1. The van der Waals surface area contributed by atoms with E-state index < -0.39 is 0 Å². The minimum atomic E-state index is 0. The quantitative estimate of drug-likeness (QED) is 0.361. The van der Waals surface area contributed by atoms with Crippen LogP contribution in [0.1, 0.15) is 44.2 Å². The van der Waals surface area contributed by atoms with Crippen LogP contribution in [0.15, 0.2) is 35.3 Å². The third-order valence-corrected chi connectivity index (χ3v) is 6.77. The highest BCUT2D eigenvalue weighted by molar-refractivity contribution is 14.0. The number of benzene rings is 1. The van der Waals surface area contributed by atoms with E-state index in [1.807, 2.05) is 7.05 Å². The van der Waals surface area contributed by atoms with Crippen molar-refractivity contribution in [2.45, 2.75) is 44.7 Å². The van der Waals surface area contributed by atoms with E-state index in [4.69, 9.17) is 0 Å². The minimum absolute atomic E-state index is 0. The number of hydrogen-bond donors (Lipinski definition) is 1. The summed E-state index contributed by atoms with van der Waals surface area (Å²) in [7, 11) is 1.93. The first kappa shape index (κ1) is 22.8. The first-order valence-corrected chi connectivity index (χ1v) is 11.3. The molecule has 0 radical (unpaired) electrons. The van der Waals surface area contributed by atoms with Gasteiger partial charge in [-0.15, -0.1) is 24.0 Å². The van der Waals surface area contributed by atoms with Gasteiger partial charge in [0.15, 0.2) is 5.96 Å². The molecule has 4 rings (SSSR count). The van der Waals surface area contributed by atoms with Crippen molar-refractivity contribution in [2.24, 2.45) is 10.9 Å².